The summed E-state index contributed by atoms with van der Waals surface area (Å²) in [6, 6.07) is 9.63. The van der Waals surface area contributed by atoms with Crippen molar-refractivity contribution in [3.63, 3.8) is 0 Å². The van der Waals surface area contributed by atoms with E-state index in [2.05, 4.69) is 4.98 Å². The van der Waals surface area contributed by atoms with Crippen LogP contribution < -0.4 is 5.73 Å². The zero-order chi connectivity index (χ0) is 13.7. The number of aromatic nitrogens is 1. The monoisotopic (exact) mass is 260 g/mol. The minimum Gasteiger partial charge on any atom is -0.351 e. The first-order chi connectivity index (χ1) is 9.26. The zero-order valence-corrected chi connectivity index (χ0v) is 11.4. The second kappa shape index (κ2) is 6.61. The maximum absolute atomic E-state index is 6.23. The van der Waals surface area contributed by atoms with Crippen LogP contribution in [-0.4, -0.2) is 24.5 Å². The van der Waals surface area contributed by atoms with Crippen LogP contribution in [0.3, 0.4) is 0 Å². The van der Waals surface area contributed by atoms with Crippen LogP contribution in [0.25, 0.3) is 10.9 Å². The predicted octanol–water partition coefficient (Wildman–Crippen LogP) is 2.63. The fourth-order valence-corrected chi connectivity index (χ4v) is 2.04. The minimum atomic E-state index is -0.413. The minimum absolute atomic E-state index is 0.301. The molecule has 2 aromatic rings. The highest BCUT2D eigenvalue weighted by atomic mass is 16.7. The van der Waals surface area contributed by atoms with Crippen molar-refractivity contribution in [2.45, 2.75) is 26.2 Å². The van der Waals surface area contributed by atoms with E-state index in [-0.39, 0.29) is 6.04 Å². The number of benzene rings is 1. The first-order valence-corrected chi connectivity index (χ1v) is 6.59. The van der Waals surface area contributed by atoms with Crippen LogP contribution in [0, 0.1) is 0 Å². The van der Waals surface area contributed by atoms with E-state index < -0.39 is 6.29 Å². The van der Waals surface area contributed by atoms with Gasteiger partial charge in [0.1, 0.15) is 0 Å². The van der Waals surface area contributed by atoms with Crippen LogP contribution in [0.1, 0.15) is 25.5 Å². The van der Waals surface area contributed by atoms with Gasteiger partial charge in [0, 0.05) is 24.8 Å². The average Bonchev–Trinajstić information content (AvgIpc) is 2.46. The van der Waals surface area contributed by atoms with Crippen molar-refractivity contribution in [2.75, 3.05) is 13.2 Å². The van der Waals surface area contributed by atoms with E-state index >= 15 is 0 Å². The number of rotatable bonds is 6. The predicted molar refractivity (Wildman–Crippen MR) is 75.7 cm³/mol. The molecule has 2 rings (SSSR count). The molecule has 1 heterocycles. The lowest BCUT2D eigenvalue weighted by atomic mass is 10.0. The van der Waals surface area contributed by atoms with Crippen LogP contribution in [-0.2, 0) is 9.47 Å². The van der Waals surface area contributed by atoms with Gasteiger partial charge in [0.25, 0.3) is 0 Å². The number of pyridine rings is 1. The standard InChI is InChI=1S/C15H20N2O2/c1-3-18-15(19-4-2)14(16)12-7-8-13-11(10-12)6-5-9-17-13/h5-10,14-15H,3-4,16H2,1-2H3. The van der Waals surface area contributed by atoms with E-state index in [0.717, 1.165) is 16.5 Å². The molecule has 102 valence electrons. The summed E-state index contributed by atoms with van der Waals surface area (Å²) in [4.78, 5) is 4.30. The molecule has 0 radical (unpaired) electrons. The molecule has 0 aliphatic carbocycles. The Kier molecular flexibility index (Phi) is 4.85. The average molecular weight is 260 g/mol. The quantitative estimate of drug-likeness (QED) is 0.811. The van der Waals surface area contributed by atoms with Gasteiger partial charge in [-0.1, -0.05) is 12.1 Å². The molecule has 0 aliphatic heterocycles. The van der Waals surface area contributed by atoms with E-state index in [9.17, 15) is 0 Å². The van der Waals surface area contributed by atoms with Crippen molar-refractivity contribution < 1.29 is 9.47 Å². The number of hydrogen-bond acceptors (Lipinski definition) is 4. The van der Waals surface area contributed by atoms with Gasteiger partial charge in [-0.2, -0.15) is 0 Å². The third kappa shape index (κ3) is 3.29. The van der Waals surface area contributed by atoms with Gasteiger partial charge in [-0.05, 0) is 37.6 Å². The van der Waals surface area contributed by atoms with Gasteiger partial charge in [-0.15, -0.1) is 0 Å². The van der Waals surface area contributed by atoms with Gasteiger partial charge in [0.15, 0.2) is 6.29 Å². The lowest BCUT2D eigenvalue weighted by Crippen LogP contribution is -2.31. The summed E-state index contributed by atoms with van der Waals surface area (Å²) in [7, 11) is 0. The summed E-state index contributed by atoms with van der Waals surface area (Å²) in [6.07, 6.45) is 1.37. The number of hydrogen-bond donors (Lipinski definition) is 1. The molecule has 0 spiro atoms. The second-order valence-electron chi connectivity index (χ2n) is 4.26. The molecule has 1 aromatic carbocycles. The summed E-state index contributed by atoms with van der Waals surface area (Å²) in [5, 5.41) is 1.07. The Balaban J connectivity index is 2.26. The van der Waals surface area contributed by atoms with Crippen LogP contribution >= 0.6 is 0 Å². The van der Waals surface area contributed by atoms with Crippen LogP contribution in [0.5, 0.6) is 0 Å². The second-order valence-corrected chi connectivity index (χ2v) is 4.26. The Morgan fingerprint density at radius 2 is 1.89 bits per heavy atom. The molecule has 0 aliphatic rings. The first kappa shape index (κ1) is 13.9. The summed E-state index contributed by atoms with van der Waals surface area (Å²) in [5.74, 6) is 0. The maximum atomic E-state index is 6.23. The van der Waals surface area contributed by atoms with E-state index in [4.69, 9.17) is 15.2 Å². The fourth-order valence-electron chi connectivity index (χ4n) is 2.04. The van der Waals surface area contributed by atoms with Crippen molar-refractivity contribution in [2.24, 2.45) is 5.73 Å². The molecule has 0 amide bonds. The van der Waals surface area contributed by atoms with Crippen molar-refractivity contribution in [1.82, 2.24) is 4.98 Å². The topological polar surface area (TPSA) is 57.4 Å². The lowest BCUT2D eigenvalue weighted by Gasteiger charge is -2.24. The zero-order valence-electron chi connectivity index (χ0n) is 11.4. The van der Waals surface area contributed by atoms with Crippen molar-refractivity contribution in [1.29, 1.82) is 0 Å². The van der Waals surface area contributed by atoms with Gasteiger partial charge < -0.3 is 15.2 Å². The molecule has 1 atom stereocenters. The summed E-state index contributed by atoms with van der Waals surface area (Å²) < 4.78 is 11.1. The van der Waals surface area contributed by atoms with Crippen molar-refractivity contribution in [3.05, 3.63) is 42.1 Å². The summed E-state index contributed by atoms with van der Waals surface area (Å²) in [6.45, 7) is 5.02. The number of nitrogens with zero attached hydrogens (tertiary/aromatic N) is 1. The van der Waals surface area contributed by atoms with Crippen LogP contribution in [0.15, 0.2) is 36.5 Å². The highest BCUT2D eigenvalue weighted by molar-refractivity contribution is 5.79. The van der Waals surface area contributed by atoms with Gasteiger partial charge in [-0.3, -0.25) is 4.98 Å². The van der Waals surface area contributed by atoms with Gasteiger partial charge >= 0.3 is 0 Å². The lowest BCUT2D eigenvalue weighted by molar-refractivity contribution is -0.149. The van der Waals surface area contributed by atoms with E-state index in [1.165, 1.54) is 0 Å². The van der Waals surface area contributed by atoms with E-state index in [1.54, 1.807) is 6.20 Å². The Morgan fingerprint density at radius 1 is 1.16 bits per heavy atom. The number of nitrogens with two attached hydrogens (primary N) is 1. The molecule has 1 unspecified atom stereocenters. The largest absolute Gasteiger partial charge is 0.351 e. The molecular weight excluding hydrogens is 240 g/mol. The van der Waals surface area contributed by atoms with Crippen LogP contribution in [0.4, 0.5) is 0 Å². The van der Waals surface area contributed by atoms with E-state index in [1.807, 2.05) is 44.2 Å². The van der Waals surface area contributed by atoms with Crippen LogP contribution in [0.2, 0.25) is 0 Å². The number of ether oxygens (including phenoxy) is 2. The molecule has 0 bridgehead atoms. The third-order valence-corrected chi connectivity index (χ3v) is 2.97. The molecular formula is C15H20N2O2. The third-order valence-electron chi connectivity index (χ3n) is 2.97. The molecule has 0 saturated heterocycles. The van der Waals surface area contributed by atoms with E-state index in [0.29, 0.717) is 13.2 Å². The van der Waals surface area contributed by atoms with Gasteiger partial charge in [-0.25, -0.2) is 0 Å². The van der Waals surface area contributed by atoms with Crippen molar-refractivity contribution in [3.8, 4) is 0 Å². The highest BCUT2D eigenvalue weighted by Crippen LogP contribution is 2.22. The molecule has 0 saturated carbocycles. The molecule has 19 heavy (non-hydrogen) atoms. The normalized spacial score (nSPS) is 13.1. The van der Waals surface area contributed by atoms with Gasteiger partial charge in [0.2, 0.25) is 0 Å². The molecule has 0 fully saturated rings. The first-order valence-electron chi connectivity index (χ1n) is 6.59. The smallest absolute Gasteiger partial charge is 0.176 e. The fraction of sp³-hybridized carbons (Fsp3) is 0.400. The Morgan fingerprint density at radius 3 is 2.58 bits per heavy atom. The maximum Gasteiger partial charge on any atom is 0.176 e. The molecule has 4 nitrogen and oxygen atoms in total. The Hall–Kier alpha value is -1.49. The SMILES string of the molecule is CCOC(OCC)C(N)c1ccc2ncccc2c1. The molecule has 2 N–H and O–H groups in total. The van der Waals surface area contributed by atoms with Gasteiger partial charge in [0.05, 0.1) is 11.6 Å². The highest BCUT2D eigenvalue weighted by Gasteiger charge is 2.20. The molecule has 4 heteroatoms. The Labute approximate surface area is 113 Å². The number of fused-ring (bicyclic) bond motifs is 1. The summed E-state index contributed by atoms with van der Waals surface area (Å²) >= 11 is 0. The van der Waals surface area contributed by atoms with Crippen molar-refractivity contribution >= 4 is 10.9 Å². The Bertz CT molecular complexity index is 524. The summed E-state index contributed by atoms with van der Waals surface area (Å²) in [5.41, 5.74) is 8.19. The molecule has 1 aromatic heterocycles.